The fourth-order valence-electron chi connectivity index (χ4n) is 2.51. The van der Waals surface area contributed by atoms with E-state index in [4.69, 9.17) is 20.8 Å². The molecule has 4 rings (SSSR count). The summed E-state index contributed by atoms with van der Waals surface area (Å²) in [6, 6.07) is 13.6. The predicted octanol–water partition coefficient (Wildman–Crippen LogP) is 5.39. The summed E-state index contributed by atoms with van der Waals surface area (Å²) in [6.45, 7) is 0.647. The van der Waals surface area contributed by atoms with Crippen molar-refractivity contribution in [3.05, 3.63) is 57.7 Å². The van der Waals surface area contributed by atoms with Crippen molar-refractivity contribution in [2.45, 2.75) is 6.10 Å². The quantitative estimate of drug-likeness (QED) is 0.628. The number of halogens is 2. The highest BCUT2D eigenvalue weighted by Gasteiger charge is 2.25. The van der Waals surface area contributed by atoms with E-state index in [1.807, 2.05) is 42.5 Å². The van der Waals surface area contributed by atoms with E-state index in [0.717, 1.165) is 26.9 Å². The smallest absolute Gasteiger partial charge is 0.173 e. The van der Waals surface area contributed by atoms with Crippen LogP contribution in [0.1, 0.15) is 11.9 Å². The van der Waals surface area contributed by atoms with E-state index in [1.54, 1.807) is 0 Å². The van der Waals surface area contributed by atoms with E-state index in [9.17, 15) is 0 Å². The average molecular weight is 365 g/mol. The summed E-state index contributed by atoms with van der Waals surface area (Å²) in [4.78, 5) is 0. The molecule has 1 aliphatic heterocycles. The topological polar surface area (TPSA) is 34.4 Å². The number of nitrogens with one attached hydrogen (secondary N) is 1. The Balaban J connectivity index is 1.72. The number of ether oxygens (including phenoxy) is 1. The van der Waals surface area contributed by atoms with Gasteiger partial charge in [0.25, 0.3) is 0 Å². The maximum atomic E-state index is 6.19. The summed E-state index contributed by atoms with van der Waals surface area (Å²) in [5.74, 6) is 1.47. The zero-order valence-electron chi connectivity index (χ0n) is 10.9. The Morgan fingerprint density at radius 2 is 2.10 bits per heavy atom. The number of anilines is 1. The first-order chi connectivity index (χ1) is 10.2. The minimum atomic E-state index is -0.191. The molecule has 5 heteroatoms. The summed E-state index contributed by atoms with van der Waals surface area (Å²) in [7, 11) is 0. The SMILES string of the molecule is Clc1cccc2c1OC(c1cc3cc(Br)ccc3o1)CN2. The molecule has 0 aliphatic carbocycles. The van der Waals surface area contributed by atoms with E-state index in [1.165, 1.54) is 0 Å². The molecule has 106 valence electrons. The highest BCUT2D eigenvalue weighted by Crippen LogP contribution is 2.40. The molecule has 1 atom stereocenters. The largest absolute Gasteiger partial charge is 0.477 e. The van der Waals surface area contributed by atoms with Crippen molar-refractivity contribution in [2.24, 2.45) is 0 Å². The molecule has 2 heterocycles. The minimum Gasteiger partial charge on any atom is -0.477 e. The molecular formula is C16H11BrClNO2. The van der Waals surface area contributed by atoms with Crippen molar-refractivity contribution < 1.29 is 9.15 Å². The van der Waals surface area contributed by atoms with Crippen LogP contribution in [-0.4, -0.2) is 6.54 Å². The Bertz CT molecular complexity index is 830. The van der Waals surface area contributed by atoms with Crippen LogP contribution in [0.5, 0.6) is 5.75 Å². The Labute approximate surface area is 135 Å². The number of para-hydroxylation sites is 1. The van der Waals surface area contributed by atoms with Crippen LogP contribution < -0.4 is 10.1 Å². The second kappa shape index (κ2) is 4.97. The maximum absolute atomic E-state index is 6.19. The van der Waals surface area contributed by atoms with Gasteiger partial charge in [-0.3, -0.25) is 0 Å². The van der Waals surface area contributed by atoms with Gasteiger partial charge >= 0.3 is 0 Å². The number of hydrogen-bond acceptors (Lipinski definition) is 3. The van der Waals surface area contributed by atoms with Gasteiger partial charge in [0.1, 0.15) is 11.3 Å². The monoisotopic (exact) mass is 363 g/mol. The molecule has 0 fully saturated rings. The van der Waals surface area contributed by atoms with E-state index >= 15 is 0 Å². The van der Waals surface area contributed by atoms with Crippen LogP contribution in [0.2, 0.25) is 5.02 Å². The van der Waals surface area contributed by atoms with Gasteiger partial charge in [0.2, 0.25) is 0 Å². The predicted molar refractivity (Wildman–Crippen MR) is 87.2 cm³/mol. The molecule has 3 aromatic rings. The van der Waals surface area contributed by atoms with Gasteiger partial charge in [-0.05, 0) is 36.4 Å². The van der Waals surface area contributed by atoms with Gasteiger partial charge < -0.3 is 14.5 Å². The highest BCUT2D eigenvalue weighted by molar-refractivity contribution is 9.10. The molecular weight excluding hydrogens is 354 g/mol. The van der Waals surface area contributed by atoms with Gasteiger partial charge in [0.15, 0.2) is 11.9 Å². The lowest BCUT2D eigenvalue weighted by molar-refractivity contribution is 0.184. The molecule has 0 saturated carbocycles. The number of rotatable bonds is 1. The third kappa shape index (κ3) is 2.28. The van der Waals surface area contributed by atoms with Crippen molar-refractivity contribution >= 4 is 44.2 Å². The molecule has 1 N–H and O–H groups in total. The normalized spacial score (nSPS) is 17.1. The second-order valence-electron chi connectivity index (χ2n) is 4.93. The van der Waals surface area contributed by atoms with E-state index < -0.39 is 0 Å². The van der Waals surface area contributed by atoms with Crippen LogP contribution in [0.15, 0.2) is 51.4 Å². The fraction of sp³-hybridized carbons (Fsp3) is 0.125. The summed E-state index contributed by atoms with van der Waals surface area (Å²) >= 11 is 9.66. The van der Waals surface area contributed by atoms with Gasteiger partial charge in [-0.1, -0.05) is 33.6 Å². The van der Waals surface area contributed by atoms with Crippen molar-refractivity contribution in [3.8, 4) is 5.75 Å². The molecule has 0 radical (unpaired) electrons. The lowest BCUT2D eigenvalue weighted by Gasteiger charge is -2.26. The van der Waals surface area contributed by atoms with Gasteiger partial charge in [0.05, 0.1) is 17.3 Å². The number of furan rings is 1. The van der Waals surface area contributed by atoms with E-state index in [2.05, 4.69) is 21.2 Å². The Morgan fingerprint density at radius 3 is 3.00 bits per heavy atom. The van der Waals surface area contributed by atoms with Gasteiger partial charge in [-0.15, -0.1) is 0 Å². The van der Waals surface area contributed by atoms with Crippen molar-refractivity contribution in [1.29, 1.82) is 0 Å². The fourth-order valence-corrected chi connectivity index (χ4v) is 3.10. The molecule has 2 aromatic carbocycles. The number of benzene rings is 2. The summed E-state index contributed by atoms with van der Waals surface area (Å²) in [5.41, 5.74) is 1.76. The molecule has 0 amide bonds. The standard InChI is InChI=1S/C16H11BrClNO2/c17-10-4-5-13-9(6-10)7-14(20-13)15-8-19-12-3-1-2-11(18)16(12)21-15/h1-7,15,19H,8H2. The first kappa shape index (κ1) is 13.0. The van der Waals surface area contributed by atoms with E-state index in [-0.39, 0.29) is 6.10 Å². The lowest BCUT2D eigenvalue weighted by atomic mass is 10.2. The van der Waals surface area contributed by atoms with Crippen molar-refractivity contribution in [3.63, 3.8) is 0 Å². The molecule has 1 unspecified atom stereocenters. The maximum Gasteiger partial charge on any atom is 0.173 e. The van der Waals surface area contributed by atoms with E-state index in [0.29, 0.717) is 17.3 Å². The van der Waals surface area contributed by atoms with Crippen LogP contribution in [0.4, 0.5) is 5.69 Å². The summed E-state index contributed by atoms with van der Waals surface area (Å²) in [6.07, 6.45) is -0.191. The first-order valence-corrected chi connectivity index (χ1v) is 7.76. The Hall–Kier alpha value is -1.65. The average Bonchev–Trinajstić information content (AvgIpc) is 2.90. The molecule has 0 saturated heterocycles. The lowest BCUT2D eigenvalue weighted by Crippen LogP contribution is -2.23. The van der Waals surface area contributed by atoms with Crippen molar-refractivity contribution in [2.75, 3.05) is 11.9 Å². The summed E-state index contributed by atoms with van der Waals surface area (Å²) in [5, 5.41) is 4.98. The van der Waals surface area contributed by atoms with Crippen LogP contribution in [0, 0.1) is 0 Å². The Morgan fingerprint density at radius 1 is 1.19 bits per heavy atom. The van der Waals surface area contributed by atoms with Crippen LogP contribution in [0.3, 0.4) is 0 Å². The first-order valence-electron chi connectivity index (χ1n) is 6.59. The number of fused-ring (bicyclic) bond motifs is 2. The zero-order valence-corrected chi connectivity index (χ0v) is 13.2. The summed E-state index contributed by atoms with van der Waals surface area (Å²) < 4.78 is 12.9. The highest BCUT2D eigenvalue weighted by atomic mass is 79.9. The van der Waals surface area contributed by atoms with Gasteiger partial charge in [-0.2, -0.15) is 0 Å². The molecule has 0 bridgehead atoms. The second-order valence-corrected chi connectivity index (χ2v) is 6.26. The molecule has 1 aromatic heterocycles. The van der Waals surface area contributed by atoms with Gasteiger partial charge in [0, 0.05) is 9.86 Å². The molecule has 0 spiro atoms. The Kier molecular flexibility index (Phi) is 3.08. The van der Waals surface area contributed by atoms with Gasteiger partial charge in [-0.25, -0.2) is 0 Å². The molecule has 3 nitrogen and oxygen atoms in total. The van der Waals surface area contributed by atoms with Crippen LogP contribution in [0.25, 0.3) is 11.0 Å². The minimum absolute atomic E-state index is 0.191. The van der Waals surface area contributed by atoms with Crippen LogP contribution in [-0.2, 0) is 0 Å². The van der Waals surface area contributed by atoms with Crippen LogP contribution >= 0.6 is 27.5 Å². The molecule has 1 aliphatic rings. The van der Waals surface area contributed by atoms with Crippen molar-refractivity contribution in [1.82, 2.24) is 0 Å². The zero-order chi connectivity index (χ0) is 14.4. The third-order valence-corrected chi connectivity index (χ3v) is 4.31. The number of hydrogen-bond donors (Lipinski definition) is 1. The third-order valence-electron chi connectivity index (χ3n) is 3.52. The molecule has 21 heavy (non-hydrogen) atoms.